The van der Waals surface area contributed by atoms with E-state index in [2.05, 4.69) is 21.3 Å². The highest BCUT2D eigenvalue weighted by Gasteiger charge is 2.31. The summed E-state index contributed by atoms with van der Waals surface area (Å²) in [7, 11) is 0. The van der Waals surface area contributed by atoms with Gasteiger partial charge in [0.05, 0.1) is 15.6 Å². The number of ether oxygens (including phenoxy) is 2. The highest BCUT2D eigenvalue weighted by molar-refractivity contribution is 6.37. The highest BCUT2D eigenvalue weighted by atomic mass is 35.5. The smallest absolute Gasteiger partial charge is 0.416 e. The van der Waals surface area contributed by atoms with Crippen LogP contribution < -0.4 is 30.7 Å². The van der Waals surface area contributed by atoms with E-state index in [0.717, 1.165) is 48.7 Å². The number of alkyl halides is 3. The molecule has 0 bridgehead atoms. The Kier molecular flexibility index (Phi) is 16.0. The van der Waals surface area contributed by atoms with Gasteiger partial charge in [-0.3, -0.25) is 19.2 Å². The molecule has 2 aliphatic rings. The van der Waals surface area contributed by atoms with Gasteiger partial charge >= 0.3 is 18.1 Å². The number of aryl methyl sites for hydroxylation is 2. The van der Waals surface area contributed by atoms with E-state index >= 15 is 0 Å². The number of halogens is 6. The van der Waals surface area contributed by atoms with Crippen LogP contribution in [0.15, 0.2) is 60.7 Å². The van der Waals surface area contributed by atoms with E-state index in [1.54, 1.807) is 38.1 Å². The fourth-order valence-electron chi connectivity index (χ4n) is 6.06. The normalized spacial score (nSPS) is 13.3. The van der Waals surface area contributed by atoms with Crippen molar-refractivity contribution in [2.45, 2.75) is 71.8 Å². The summed E-state index contributed by atoms with van der Waals surface area (Å²) in [6.07, 6.45) is -1.07. The Morgan fingerprint density at radius 1 is 0.623 bits per heavy atom. The Morgan fingerprint density at radius 2 is 1.07 bits per heavy atom. The first-order valence-electron chi connectivity index (χ1n) is 19.2. The molecule has 6 rings (SSSR count). The van der Waals surface area contributed by atoms with E-state index in [9.17, 15) is 32.3 Å². The third kappa shape index (κ3) is 15.5. The van der Waals surface area contributed by atoms with Gasteiger partial charge in [-0.2, -0.15) is 13.2 Å². The van der Waals surface area contributed by atoms with Crippen LogP contribution in [0.2, 0.25) is 15.1 Å². The minimum atomic E-state index is -4.46. The summed E-state index contributed by atoms with van der Waals surface area (Å²) in [5.74, 6) is -1.79. The van der Waals surface area contributed by atoms with Crippen LogP contribution in [0.1, 0.15) is 66.3 Å². The van der Waals surface area contributed by atoms with Crippen LogP contribution in [0, 0.1) is 25.7 Å². The predicted octanol–water partition coefficient (Wildman–Crippen LogP) is 10.6. The first-order valence-corrected chi connectivity index (χ1v) is 20.3. The zero-order valence-electron chi connectivity index (χ0n) is 33.1. The molecule has 4 aromatic carbocycles. The van der Waals surface area contributed by atoms with Gasteiger partial charge in [0.25, 0.3) is 0 Å². The average Bonchev–Trinajstić information content (AvgIpc) is 4.08. The van der Waals surface area contributed by atoms with Crippen molar-refractivity contribution in [1.29, 1.82) is 0 Å². The first kappa shape index (κ1) is 46.7. The second-order valence-corrected chi connectivity index (χ2v) is 16.2. The summed E-state index contributed by atoms with van der Waals surface area (Å²) in [6, 6.07) is 15.6. The lowest BCUT2D eigenvalue weighted by atomic mass is 10.1. The van der Waals surface area contributed by atoms with Gasteiger partial charge in [-0.15, -0.1) is 0 Å². The molecule has 0 radical (unpaired) electrons. The van der Waals surface area contributed by atoms with Crippen molar-refractivity contribution in [3.05, 3.63) is 104 Å². The van der Waals surface area contributed by atoms with E-state index in [1.807, 2.05) is 12.1 Å². The molecule has 61 heavy (non-hydrogen) atoms. The van der Waals surface area contributed by atoms with Crippen LogP contribution in [0.5, 0.6) is 11.5 Å². The molecule has 2 saturated carbocycles. The number of carbonyl (C=O) groups excluding carboxylic acids is 2. The minimum absolute atomic E-state index is 0.0611. The summed E-state index contributed by atoms with van der Waals surface area (Å²) in [5, 5.41) is 29.7. The Morgan fingerprint density at radius 3 is 1.52 bits per heavy atom. The maximum Gasteiger partial charge on any atom is 0.416 e. The minimum Gasteiger partial charge on any atom is -0.488 e. The summed E-state index contributed by atoms with van der Waals surface area (Å²) in [4.78, 5) is 44.5. The summed E-state index contributed by atoms with van der Waals surface area (Å²) < 4.78 is 51.6. The molecule has 0 heterocycles. The van der Waals surface area contributed by atoms with Crippen molar-refractivity contribution in [1.82, 2.24) is 0 Å². The van der Waals surface area contributed by atoms with Gasteiger partial charge in [0, 0.05) is 40.9 Å². The third-order valence-electron chi connectivity index (χ3n) is 9.28. The molecule has 4 aromatic rings. The Balaban J connectivity index is 0.000000232. The maximum absolute atomic E-state index is 13.3. The highest BCUT2D eigenvalue weighted by Crippen LogP contribution is 2.38. The Bertz CT molecular complexity index is 2220. The molecule has 12 nitrogen and oxygen atoms in total. The molecule has 2 fully saturated rings. The monoisotopic (exact) mass is 906 g/mol. The summed E-state index contributed by atoms with van der Waals surface area (Å²) >= 11 is 18.7. The van der Waals surface area contributed by atoms with E-state index in [1.165, 1.54) is 25.0 Å². The van der Waals surface area contributed by atoms with Gasteiger partial charge < -0.3 is 41.0 Å². The molecule has 0 aliphatic heterocycles. The molecule has 326 valence electrons. The summed E-state index contributed by atoms with van der Waals surface area (Å²) in [6.45, 7) is 5.19. The van der Waals surface area contributed by atoms with Crippen LogP contribution in [-0.2, 0) is 38.6 Å². The van der Waals surface area contributed by atoms with Crippen molar-refractivity contribution >= 4 is 81.3 Å². The average molecular weight is 908 g/mol. The Hall–Kier alpha value is -5.38. The number of hydrogen-bond acceptors (Lipinski definition) is 8. The molecule has 0 saturated heterocycles. The van der Waals surface area contributed by atoms with Crippen LogP contribution in [0.25, 0.3) is 0 Å². The lowest BCUT2D eigenvalue weighted by molar-refractivity contribution is -0.141. The quantitative estimate of drug-likeness (QED) is 0.0527. The second-order valence-electron chi connectivity index (χ2n) is 14.9. The van der Waals surface area contributed by atoms with Gasteiger partial charge in [-0.25, -0.2) is 0 Å². The van der Waals surface area contributed by atoms with Crippen molar-refractivity contribution in [2.24, 2.45) is 11.8 Å². The van der Waals surface area contributed by atoms with Crippen molar-refractivity contribution < 1.29 is 52.0 Å². The number of carboxylic acid groups (broad SMARTS) is 2. The van der Waals surface area contributed by atoms with E-state index < -0.39 is 48.3 Å². The molecule has 0 unspecified atom stereocenters. The number of hydrogen-bond donors (Lipinski definition) is 6. The van der Waals surface area contributed by atoms with Gasteiger partial charge in [-0.1, -0.05) is 34.8 Å². The van der Waals surface area contributed by atoms with E-state index in [0.29, 0.717) is 51.3 Å². The lowest BCUT2D eigenvalue weighted by Crippen LogP contribution is -2.16. The standard InChI is InChI=1S/C23H25F3N2O4.C20H19Cl3N2O4/c1-13-5-19(28-20(29)10-21(30)31)6-14(2)22(13)32-12-16-7-17(23(24,25)26)9-18(8-16)27-11-15-3-4-15;21-13-3-12(4-14(5-13)24-9-11-1-2-11)10-29-20-16(22)6-15(7-17(20)23)25-18(26)8-19(27)28/h5-9,15,27H,3-4,10-12H2,1-2H3,(H,28,29)(H,30,31);3-7,11,24H,1-2,8-10H2,(H,25,26)(H,27,28). The third-order valence-corrected chi connectivity index (χ3v) is 10.1. The molecule has 0 spiro atoms. The van der Waals surface area contributed by atoms with E-state index in [-0.39, 0.29) is 34.7 Å². The zero-order valence-corrected chi connectivity index (χ0v) is 35.4. The van der Waals surface area contributed by atoms with Gasteiger partial charge in [-0.05, 0) is 134 Å². The van der Waals surface area contributed by atoms with Crippen LogP contribution >= 0.6 is 34.8 Å². The maximum atomic E-state index is 13.3. The predicted molar refractivity (Wildman–Crippen MR) is 228 cm³/mol. The van der Waals surface area contributed by atoms with Crippen LogP contribution in [0.4, 0.5) is 35.9 Å². The molecule has 2 aliphatic carbocycles. The molecule has 2 amide bonds. The molecular weight excluding hydrogens is 864 g/mol. The fourth-order valence-corrected chi connectivity index (χ4v) is 6.92. The second kappa shape index (κ2) is 20.9. The number of carboxylic acids is 2. The fraction of sp³-hybridized carbons (Fsp3) is 0.349. The lowest BCUT2D eigenvalue weighted by Gasteiger charge is -2.17. The van der Waals surface area contributed by atoms with Gasteiger partial charge in [0.2, 0.25) is 11.8 Å². The number of nitrogens with one attached hydrogen (secondary N) is 4. The number of aliphatic carboxylic acids is 2. The zero-order chi connectivity index (χ0) is 44.4. The molecule has 6 N–H and O–H groups in total. The summed E-state index contributed by atoms with van der Waals surface area (Å²) in [5.41, 5.74) is 3.87. The van der Waals surface area contributed by atoms with Crippen molar-refractivity contribution in [3.63, 3.8) is 0 Å². The number of rotatable bonds is 18. The van der Waals surface area contributed by atoms with E-state index in [4.69, 9.17) is 54.5 Å². The molecular formula is C43H44Cl3F3N4O8. The molecule has 0 atom stereocenters. The van der Waals surface area contributed by atoms with Crippen LogP contribution in [0.3, 0.4) is 0 Å². The SMILES string of the molecule is Cc1cc(NC(=O)CC(=O)O)cc(C)c1OCc1cc(NCC2CC2)cc(C(F)(F)F)c1.O=C(O)CC(=O)Nc1cc(Cl)c(OCc2cc(Cl)cc(NCC3CC3)c2)c(Cl)c1. The van der Waals surface area contributed by atoms with Crippen LogP contribution in [-0.4, -0.2) is 47.1 Å². The number of amides is 2. The molecule has 0 aromatic heterocycles. The topological polar surface area (TPSA) is 175 Å². The molecule has 18 heteroatoms. The number of anilines is 4. The van der Waals surface area contributed by atoms with Gasteiger partial charge in [0.15, 0.2) is 5.75 Å². The first-order chi connectivity index (χ1) is 28.8. The Labute approximate surface area is 365 Å². The van der Waals surface area contributed by atoms with Gasteiger partial charge in [0.1, 0.15) is 31.8 Å². The number of benzene rings is 4. The number of carbonyl (C=O) groups is 4. The van der Waals surface area contributed by atoms with Crippen molar-refractivity contribution in [2.75, 3.05) is 34.4 Å². The van der Waals surface area contributed by atoms with Crippen molar-refractivity contribution in [3.8, 4) is 11.5 Å². The largest absolute Gasteiger partial charge is 0.488 e.